The molecule has 0 aromatic heterocycles. The molecule has 4 fully saturated rings. The van der Waals surface area contributed by atoms with Gasteiger partial charge in [0.2, 0.25) is 0 Å². The highest BCUT2D eigenvalue weighted by Crippen LogP contribution is 2.55. The molecule has 1 aromatic carbocycles. The van der Waals surface area contributed by atoms with Crippen molar-refractivity contribution in [1.82, 2.24) is 5.32 Å². The van der Waals surface area contributed by atoms with Crippen LogP contribution in [0.25, 0.3) is 6.08 Å². The zero-order valence-electron chi connectivity index (χ0n) is 17.1. The predicted octanol–water partition coefficient (Wildman–Crippen LogP) is 3.35. The van der Waals surface area contributed by atoms with Gasteiger partial charge in [0.25, 0.3) is 5.91 Å². The van der Waals surface area contributed by atoms with Crippen molar-refractivity contribution < 1.29 is 23.8 Å². The van der Waals surface area contributed by atoms with Crippen molar-refractivity contribution in [2.24, 2.45) is 17.8 Å². The Labute approximate surface area is 171 Å². The molecule has 0 aliphatic heterocycles. The monoisotopic (exact) mass is 399 g/mol. The van der Waals surface area contributed by atoms with Gasteiger partial charge in [-0.3, -0.25) is 4.79 Å². The lowest BCUT2D eigenvalue weighted by Crippen LogP contribution is -2.60. The number of ether oxygens (including phenoxy) is 3. The highest BCUT2D eigenvalue weighted by molar-refractivity contribution is 5.89. The first-order valence-corrected chi connectivity index (χ1v) is 10.4. The average Bonchev–Trinajstić information content (AvgIpc) is 2.69. The van der Waals surface area contributed by atoms with Gasteiger partial charge in [-0.2, -0.15) is 0 Å². The Hall–Kier alpha value is -2.50. The van der Waals surface area contributed by atoms with Crippen LogP contribution in [0.3, 0.4) is 0 Å². The fourth-order valence-corrected chi connectivity index (χ4v) is 5.90. The lowest BCUT2D eigenvalue weighted by molar-refractivity contribution is -0.145. The molecular formula is C23H29NO5. The van der Waals surface area contributed by atoms with Crippen molar-refractivity contribution >= 4 is 18.0 Å². The summed E-state index contributed by atoms with van der Waals surface area (Å²) in [5, 5.41) is 3.21. The van der Waals surface area contributed by atoms with Crippen molar-refractivity contribution in [3.63, 3.8) is 0 Å². The third-order valence-electron chi connectivity index (χ3n) is 6.61. The summed E-state index contributed by atoms with van der Waals surface area (Å²) in [5.74, 6) is 2.74. The van der Waals surface area contributed by atoms with Crippen molar-refractivity contribution in [3.8, 4) is 11.5 Å². The van der Waals surface area contributed by atoms with Crippen LogP contribution < -0.4 is 14.8 Å². The molecular weight excluding hydrogens is 370 g/mol. The standard InChI is InChI=1S/C23H29NO5/c1-27-19-5-3-15(10-20(19)28-2)4-6-22(26)29-14-21(25)24-23-11-16-7-17(12-23)9-18(8-16)13-23/h3-6,10,16-18H,7-9,11-14H2,1-2H3,(H,24,25)/b6-4+. The van der Waals surface area contributed by atoms with Crippen LogP contribution in [0, 0.1) is 17.8 Å². The van der Waals surface area contributed by atoms with Gasteiger partial charge in [-0.25, -0.2) is 4.79 Å². The molecule has 0 saturated heterocycles. The fraction of sp³-hybridized carbons (Fsp3) is 0.565. The first-order valence-electron chi connectivity index (χ1n) is 10.4. The van der Waals surface area contributed by atoms with E-state index in [-0.39, 0.29) is 18.1 Å². The van der Waals surface area contributed by atoms with Crippen molar-refractivity contribution in [2.45, 2.75) is 44.1 Å². The summed E-state index contributed by atoms with van der Waals surface area (Å²) in [6, 6.07) is 5.34. The van der Waals surface area contributed by atoms with Gasteiger partial charge in [0.1, 0.15) is 0 Å². The van der Waals surface area contributed by atoms with E-state index in [0.717, 1.165) is 42.6 Å². The summed E-state index contributed by atoms with van der Waals surface area (Å²) in [7, 11) is 3.13. The van der Waals surface area contributed by atoms with Crippen LogP contribution in [-0.4, -0.2) is 38.2 Å². The number of nitrogens with one attached hydrogen (secondary N) is 1. The number of esters is 1. The SMILES string of the molecule is COc1ccc(/C=C/C(=O)OCC(=O)NC23CC4CC(CC(C4)C2)C3)cc1OC. The molecule has 5 rings (SSSR count). The number of hydrogen-bond donors (Lipinski definition) is 1. The smallest absolute Gasteiger partial charge is 0.331 e. The van der Waals surface area contributed by atoms with Gasteiger partial charge in [-0.05, 0) is 80.1 Å². The molecule has 156 valence electrons. The van der Waals surface area contributed by atoms with E-state index in [4.69, 9.17) is 14.2 Å². The molecule has 4 bridgehead atoms. The van der Waals surface area contributed by atoms with Crippen molar-refractivity contribution in [1.29, 1.82) is 0 Å². The number of carbonyl (C=O) groups excluding carboxylic acids is 2. The second kappa shape index (κ2) is 8.09. The minimum absolute atomic E-state index is 0.0618. The summed E-state index contributed by atoms with van der Waals surface area (Å²) in [4.78, 5) is 24.4. The third-order valence-corrected chi connectivity index (χ3v) is 6.61. The van der Waals surface area contributed by atoms with Crippen LogP contribution >= 0.6 is 0 Å². The topological polar surface area (TPSA) is 73.9 Å². The lowest BCUT2D eigenvalue weighted by atomic mass is 9.53. The average molecular weight is 399 g/mol. The molecule has 6 nitrogen and oxygen atoms in total. The number of methoxy groups -OCH3 is 2. The van der Waals surface area contributed by atoms with E-state index >= 15 is 0 Å². The molecule has 1 aromatic rings. The molecule has 1 N–H and O–H groups in total. The van der Waals surface area contributed by atoms with Gasteiger partial charge < -0.3 is 19.5 Å². The summed E-state index contributed by atoms with van der Waals surface area (Å²) in [6.45, 7) is -0.239. The van der Waals surface area contributed by atoms with E-state index in [1.165, 1.54) is 25.3 Å². The van der Waals surface area contributed by atoms with E-state index in [1.54, 1.807) is 32.4 Å². The van der Waals surface area contributed by atoms with Crippen LogP contribution in [0.5, 0.6) is 11.5 Å². The second-order valence-electron chi connectivity index (χ2n) is 8.80. The number of rotatable bonds is 7. The number of amides is 1. The summed E-state index contributed by atoms with van der Waals surface area (Å²) < 4.78 is 15.6. The molecule has 0 radical (unpaired) electrons. The Kier molecular flexibility index (Phi) is 5.52. The first-order chi connectivity index (χ1) is 14.0. The zero-order chi connectivity index (χ0) is 20.4. The highest BCUT2D eigenvalue weighted by Gasteiger charge is 2.51. The van der Waals surface area contributed by atoms with Crippen LogP contribution in [-0.2, 0) is 14.3 Å². The zero-order valence-corrected chi connectivity index (χ0v) is 17.1. The Morgan fingerprint density at radius 1 is 1.03 bits per heavy atom. The molecule has 0 atom stereocenters. The summed E-state index contributed by atoms with van der Waals surface area (Å²) >= 11 is 0. The molecule has 4 aliphatic rings. The van der Waals surface area contributed by atoms with E-state index in [2.05, 4.69) is 5.32 Å². The Morgan fingerprint density at radius 3 is 2.24 bits per heavy atom. The van der Waals surface area contributed by atoms with Crippen LogP contribution in [0.2, 0.25) is 0 Å². The number of carbonyl (C=O) groups is 2. The number of hydrogen-bond acceptors (Lipinski definition) is 5. The summed E-state index contributed by atoms with van der Waals surface area (Å²) in [6.07, 6.45) is 10.2. The van der Waals surface area contributed by atoms with Gasteiger partial charge >= 0.3 is 5.97 Å². The van der Waals surface area contributed by atoms with Crippen LogP contribution in [0.1, 0.15) is 44.1 Å². The van der Waals surface area contributed by atoms with Crippen molar-refractivity contribution in [2.75, 3.05) is 20.8 Å². The van der Waals surface area contributed by atoms with Gasteiger partial charge in [-0.1, -0.05) is 6.07 Å². The second-order valence-corrected chi connectivity index (χ2v) is 8.80. The van der Waals surface area contributed by atoms with E-state index in [1.807, 2.05) is 6.07 Å². The maximum atomic E-state index is 12.4. The maximum absolute atomic E-state index is 12.4. The minimum Gasteiger partial charge on any atom is -0.493 e. The molecule has 0 unspecified atom stereocenters. The first kappa shape index (κ1) is 19.8. The highest BCUT2D eigenvalue weighted by atomic mass is 16.5. The van der Waals surface area contributed by atoms with Gasteiger partial charge in [0.05, 0.1) is 14.2 Å². The van der Waals surface area contributed by atoms with Gasteiger partial charge in [0.15, 0.2) is 18.1 Å². The molecule has 0 spiro atoms. The quantitative estimate of drug-likeness (QED) is 0.562. The van der Waals surface area contributed by atoms with Gasteiger partial charge in [0, 0.05) is 11.6 Å². The Balaban J connectivity index is 1.27. The number of benzene rings is 1. The Bertz CT molecular complexity index is 780. The largest absolute Gasteiger partial charge is 0.493 e. The van der Waals surface area contributed by atoms with Crippen molar-refractivity contribution in [3.05, 3.63) is 29.8 Å². The predicted molar refractivity (Wildman–Crippen MR) is 109 cm³/mol. The molecule has 29 heavy (non-hydrogen) atoms. The molecule has 1 amide bonds. The molecule has 6 heteroatoms. The van der Waals surface area contributed by atoms with Crippen LogP contribution in [0.4, 0.5) is 0 Å². The lowest BCUT2D eigenvalue weighted by Gasteiger charge is -2.56. The fourth-order valence-electron chi connectivity index (χ4n) is 5.90. The molecule has 0 heterocycles. The van der Waals surface area contributed by atoms with Crippen LogP contribution in [0.15, 0.2) is 24.3 Å². The maximum Gasteiger partial charge on any atom is 0.331 e. The van der Waals surface area contributed by atoms with E-state index in [9.17, 15) is 9.59 Å². The Morgan fingerprint density at radius 2 is 1.66 bits per heavy atom. The normalized spacial score (nSPS) is 29.7. The summed E-state index contributed by atoms with van der Waals surface area (Å²) in [5.41, 5.74) is 0.714. The van der Waals surface area contributed by atoms with Gasteiger partial charge in [-0.15, -0.1) is 0 Å². The molecule has 4 aliphatic carbocycles. The molecule has 4 saturated carbocycles. The third kappa shape index (κ3) is 4.41. The van der Waals surface area contributed by atoms with E-state index in [0.29, 0.717) is 11.5 Å². The van der Waals surface area contributed by atoms with E-state index < -0.39 is 5.97 Å². The minimum atomic E-state index is -0.541.